The lowest BCUT2D eigenvalue weighted by atomic mass is 10.2. The Balaban J connectivity index is 1.56. The molecule has 0 radical (unpaired) electrons. The van der Waals surface area contributed by atoms with Gasteiger partial charge in [0.15, 0.2) is 0 Å². The van der Waals surface area contributed by atoms with Crippen molar-refractivity contribution < 1.29 is 4.74 Å². The minimum Gasteiger partial charge on any atom is -0.374 e. The lowest BCUT2D eigenvalue weighted by Gasteiger charge is -2.28. The summed E-state index contributed by atoms with van der Waals surface area (Å²) < 4.78 is 8.04. The number of hydrogen-bond donors (Lipinski definition) is 0. The Morgan fingerprint density at radius 3 is 3.05 bits per heavy atom. The van der Waals surface area contributed by atoms with Crippen LogP contribution >= 0.6 is 11.3 Å². The lowest BCUT2D eigenvalue weighted by Crippen LogP contribution is -2.33. The van der Waals surface area contributed by atoms with Crippen molar-refractivity contribution in [2.45, 2.75) is 26.2 Å². The number of imidazole rings is 1. The number of hydrogen-bond acceptors (Lipinski definition) is 5. The van der Waals surface area contributed by atoms with Gasteiger partial charge in [-0.3, -0.25) is 4.90 Å². The third kappa shape index (κ3) is 3.95. The Labute approximate surface area is 136 Å². The summed E-state index contributed by atoms with van der Waals surface area (Å²) in [5, 5.41) is 2.15. The summed E-state index contributed by atoms with van der Waals surface area (Å²) in [7, 11) is 4.12. The van der Waals surface area contributed by atoms with Crippen molar-refractivity contribution in [3.63, 3.8) is 0 Å². The van der Waals surface area contributed by atoms with Crippen LogP contribution in [0.2, 0.25) is 0 Å². The second kappa shape index (κ2) is 7.37. The summed E-state index contributed by atoms with van der Waals surface area (Å²) in [6.45, 7) is 6.41. The summed E-state index contributed by atoms with van der Waals surface area (Å²) >= 11 is 1.83. The predicted octanol–water partition coefficient (Wildman–Crippen LogP) is 2.04. The first-order chi connectivity index (χ1) is 10.7. The molecule has 0 bridgehead atoms. The fourth-order valence-electron chi connectivity index (χ4n) is 2.66. The highest BCUT2D eigenvalue weighted by Gasteiger charge is 2.20. The lowest BCUT2D eigenvalue weighted by molar-refractivity contribution is 0.101. The molecular weight excluding hydrogens is 296 g/mol. The smallest absolute Gasteiger partial charge is 0.0953 e. The minimum absolute atomic E-state index is 0.614. The fourth-order valence-corrected chi connectivity index (χ4v) is 3.40. The van der Waals surface area contributed by atoms with E-state index in [4.69, 9.17) is 4.74 Å². The zero-order chi connectivity index (χ0) is 15.4. The van der Waals surface area contributed by atoms with Gasteiger partial charge in [-0.2, -0.15) is 0 Å². The Morgan fingerprint density at radius 2 is 2.27 bits per heavy atom. The molecule has 22 heavy (non-hydrogen) atoms. The van der Waals surface area contributed by atoms with E-state index < -0.39 is 0 Å². The molecule has 0 N–H and O–H groups in total. The molecule has 0 saturated carbocycles. The van der Waals surface area contributed by atoms with Gasteiger partial charge in [-0.25, -0.2) is 4.98 Å². The van der Waals surface area contributed by atoms with E-state index in [-0.39, 0.29) is 0 Å². The van der Waals surface area contributed by atoms with Crippen molar-refractivity contribution >= 4 is 11.3 Å². The summed E-state index contributed by atoms with van der Waals surface area (Å²) in [5.41, 5.74) is 2.40. The monoisotopic (exact) mass is 320 g/mol. The van der Waals surface area contributed by atoms with Crippen LogP contribution in [-0.4, -0.2) is 53.1 Å². The number of ether oxygens (including phenoxy) is 1. The second-order valence-electron chi connectivity index (χ2n) is 5.98. The van der Waals surface area contributed by atoms with Crippen molar-refractivity contribution in [1.82, 2.24) is 19.4 Å². The topological polar surface area (TPSA) is 33.5 Å². The molecule has 0 aromatic carbocycles. The first-order valence-corrected chi connectivity index (χ1v) is 8.60. The summed E-state index contributed by atoms with van der Waals surface area (Å²) in [4.78, 5) is 10.6. The van der Waals surface area contributed by atoms with Gasteiger partial charge < -0.3 is 14.2 Å². The fraction of sp³-hybridized carbons (Fsp3) is 0.562. The number of aromatic nitrogens is 2. The van der Waals surface area contributed by atoms with Crippen LogP contribution < -0.4 is 0 Å². The van der Waals surface area contributed by atoms with Crippen LogP contribution in [0.5, 0.6) is 0 Å². The van der Waals surface area contributed by atoms with E-state index in [0.29, 0.717) is 6.61 Å². The zero-order valence-corrected chi connectivity index (χ0v) is 14.2. The average Bonchev–Trinajstić information content (AvgIpc) is 3.13. The van der Waals surface area contributed by atoms with Gasteiger partial charge in [-0.15, -0.1) is 11.3 Å². The van der Waals surface area contributed by atoms with E-state index in [2.05, 4.69) is 51.0 Å². The van der Waals surface area contributed by atoms with E-state index in [1.54, 1.807) is 0 Å². The van der Waals surface area contributed by atoms with Gasteiger partial charge in [0, 0.05) is 37.6 Å². The third-order valence-corrected chi connectivity index (χ3v) is 4.81. The zero-order valence-electron chi connectivity index (χ0n) is 13.4. The summed E-state index contributed by atoms with van der Waals surface area (Å²) in [5.74, 6) is 0. The molecule has 3 heterocycles. The summed E-state index contributed by atoms with van der Waals surface area (Å²) in [6, 6.07) is 4.33. The first-order valence-electron chi connectivity index (χ1n) is 7.72. The maximum absolute atomic E-state index is 5.76. The van der Waals surface area contributed by atoms with E-state index in [1.165, 1.54) is 10.6 Å². The molecule has 120 valence electrons. The number of likely N-dealkylation sites (N-methyl/N-ethyl adjacent to an activating group) is 1. The Bertz CT molecular complexity index is 579. The van der Waals surface area contributed by atoms with Crippen LogP contribution in [0.25, 0.3) is 0 Å². The average molecular weight is 320 g/mol. The van der Waals surface area contributed by atoms with Crippen LogP contribution in [0.1, 0.15) is 16.3 Å². The Kier molecular flexibility index (Phi) is 5.25. The van der Waals surface area contributed by atoms with E-state index in [9.17, 15) is 0 Å². The third-order valence-electron chi connectivity index (χ3n) is 3.94. The molecule has 3 rings (SSSR count). The van der Waals surface area contributed by atoms with Crippen LogP contribution in [0.3, 0.4) is 0 Å². The van der Waals surface area contributed by atoms with E-state index in [0.717, 1.165) is 45.0 Å². The number of fused-ring (bicyclic) bond motifs is 1. The van der Waals surface area contributed by atoms with Crippen molar-refractivity contribution in [2.24, 2.45) is 0 Å². The normalized spacial score (nSPS) is 15.4. The quantitative estimate of drug-likeness (QED) is 0.731. The molecule has 0 aliphatic carbocycles. The van der Waals surface area contributed by atoms with Crippen LogP contribution in [0.15, 0.2) is 23.8 Å². The Hall–Kier alpha value is -1.21. The van der Waals surface area contributed by atoms with Gasteiger partial charge in [-0.1, -0.05) is 6.07 Å². The minimum atomic E-state index is 0.614. The number of rotatable bonds is 7. The molecule has 6 heteroatoms. The largest absolute Gasteiger partial charge is 0.374 e. The van der Waals surface area contributed by atoms with Crippen LogP contribution in [0.4, 0.5) is 0 Å². The molecular formula is C16H24N4OS. The molecule has 0 atom stereocenters. The van der Waals surface area contributed by atoms with Crippen molar-refractivity contribution in [2.75, 3.05) is 33.8 Å². The predicted molar refractivity (Wildman–Crippen MR) is 88.9 cm³/mol. The van der Waals surface area contributed by atoms with Crippen molar-refractivity contribution in [3.8, 4) is 0 Å². The molecule has 1 aliphatic rings. The molecule has 5 nitrogen and oxygen atoms in total. The molecule has 1 aliphatic heterocycles. The highest BCUT2D eigenvalue weighted by atomic mass is 32.1. The van der Waals surface area contributed by atoms with Gasteiger partial charge in [-0.05, 0) is 25.5 Å². The molecule has 2 aromatic rings. The highest BCUT2D eigenvalue weighted by Crippen LogP contribution is 2.20. The van der Waals surface area contributed by atoms with Crippen molar-refractivity contribution in [1.29, 1.82) is 0 Å². The van der Waals surface area contributed by atoms with Crippen molar-refractivity contribution in [3.05, 3.63) is 40.1 Å². The first kappa shape index (κ1) is 15.7. The van der Waals surface area contributed by atoms with Gasteiger partial charge >= 0.3 is 0 Å². The van der Waals surface area contributed by atoms with Gasteiger partial charge in [0.1, 0.15) is 0 Å². The maximum Gasteiger partial charge on any atom is 0.0953 e. The van der Waals surface area contributed by atoms with Gasteiger partial charge in [0.05, 0.1) is 30.9 Å². The molecule has 0 spiro atoms. The van der Waals surface area contributed by atoms with E-state index >= 15 is 0 Å². The molecule has 0 fully saturated rings. The maximum atomic E-state index is 5.76. The van der Waals surface area contributed by atoms with Gasteiger partial charge in [0.25, 0.3) is 0 Å². The second-order valence-corrected chi connectivity index (χ2v) is 7.01. The number of nitrogens with zero attached hydrogens (tertiary/aromatic N) is 4. The summed E-state index contributed by atoms with van der Waals surface area (Å²) in [6.07, 6.45) is 1.96. The van der Waals surface area contributed by atoms with E-state index in [1.807, 2.05) is 17.7 Å². The number of thiophene rings is 1. The molecule has 0 saturated heterocycles. The highest BCUT2D eigenvalue weighted by molar-refractivity contribution is 7.09. The molecule has 0 unspecified atom stereocenters. The molecule has 2 aromatic heterocycles. The Morgan fingerprint density at radius 1 is 1.36 bits per heavy atom. The SMILES string of the molecule is CN(C)CCOCc1ncn2c1CN(Cc1cccs1)CC2. The molecule has 0 amide bonds. The van der Waals surface area contributed by atoms with Crippen LogP contribution in [0, 0.1) is 0 Å². The standard InChI is InChI=1S/C16H24N4OS/c1-18(2)7-8-21-12-15-16-11-19(5-6-20(16)13-17-15)10-14-4-3-9-22-14/h3-4,9,13H,5-8,10-12H2,1-2H3. The van der Waals surface area contributed by atoms with Gasteiger partial charge in [0.2, 0.25) is 0 Å². The van der Waals surface area contributed by atoms with Crippen LogP contribution in [-0.2, 0) is 31.0 Å².